The largest absolute Gasteiger partial charge is 0.351 e. The normalized spacial score (nSPS) is 19.6. The minimum atomic E-state index is 0.103. The van der Waals surface area contributed by atoms with Crippen LogP contribution in [0.15, 0.2) is 0 Å². The average Bonchev–Trinajstić information content (AvgIpc) is 2.52. The van der Waals surface area contributed by atoms with Crippen molar-refractivity contribution >= 4 is 21.8 Å². The maximum Gasteiger partial charge on any atom is 0.220 e. The molecule has 0 unspecified atom stereocenters. The molecular weight excluding hydrogens is 242 g/mol. The molecule has 0 aliphatic heterocycles. The number of nitrogens with one attached hydrogen (secondary N) is 1. The predicted molar refractivity (Wildman–Crippen MR) is 62.7 cm³/mol. The zero-order valence-electron chi connectivity index (χ0n) is 8.94. The minimum absolute atomic E-state index is 0.103. The fraction of sp³-hybridized carbons (Fsp3) is 0.909. The molecule has 3 heteroatoms. The zero-order chi connectivity index (χ0) is 10.4. The number of halogens is 1. The van der Waals surface area contributed by atoms with Gasteiger partial charge in [0, 0.05) is 17.3 Å². The summed E-state index contributed by atoms with van der Waals surface area (Å²) in [5.74, 6) is 0.232. The number of unbranched alkanes of at least 4 members (excludes halogenated alkanes) is 1. The summed E-state index contributed by atoms with van der Waals surface area (Å²) in [6, 6.07) is 0. The molecule has 0 atom stereocenters. The number of carbonyl (C=O) groups excluding carboxylic acids is 1. The number of hydrogen-bond donors (Lipinski definition) is 1. The second-order valence-corrected chi connectivity index (χ2v) is 5.26. The lowest BCUT2D eigenvalue weighted by atomic mass is 10.0. The third-order valence-electron chi connectivity index (χ3n) is 2.94. The number of hydrogen-bond acceptors (Lipinski definition) is 1. The summed E-state index contributed by atoms with van der Waals surface area (Å²) in [7, 11) is 0. The molecule has 0 aromatic heterocycles. The van der Waals surface area contributed by atoms with Crippen LogP contribution in [-0.4, -0.2) is 16.8 Å². The van der Waals surface area contributed by atoms with Gasteiger partial charge in [-0.05, 0) is 32.6 Å². The molecule has 0 aromatic carbocycles. The molecular formula is C11H20BrNO. The fourth-order valence-electron chi connectivity index (χ4n) is 2.06. The lowest BCUT2D eigenvalue weighted by Gasteiger charge is -2.25. The van der Waals surface area contributed by atoms with E-state index in [-0.39, 0.29) is 11.4 Å². The maximum absolute atomic E-state index is 11.6. The van der Waals surface area contributed by atoms with Gasteiger partial charge < -0.3 is 5.32 Å². The summed E-state index contributed by atoms with van der Waals surface area (Å²) in [6.07, 6.45) is 7.59. The first kappa shape index (κ1) is 12.0. The Morgan fingerprint density at radius 2 is 2.00 bits per heavy atom. The Bertz CT molecular complexity index is 188. The van der Waals surface area contributed by atoms with Crippen LogP contribution in [0.5, 0.6) is 0 Å². The Labute approximate surface area is 95.0 Å². The van der Waals surface area contributed by atoms with Crippen LogP contribution in [0.1, 0.15) is 51.9 Å². The van der Waals surface area contributed by atoms with Crippen LogP contribution in [0, 0.1) is 0 Å². The van der Waals surface area contributed by atoms with E-state index in [4.69, 9.17) is 0 Å². The molecule has 1 saturated carbocycles. The van der Waals surface area contributed by atoms with Gasteiger partial charge in [-0.1, -0.05) is 28.8 Å². The summed E-state index contributed by atoms with van der Waals surface area (Å²) < 4.78 is 0. The van der Waals surface area contributed by atoms with E-state index in [2.05, 4.69) is 28.2 Å². The number of carbonyl (C=O) groups is 1. The van der Waals surface area contributed by atoms with Gasteiger partial charge in [0.15, 0.2) is 0 Å². The summed E-state index contributed by atoms with van der Waals surface area (Å²) in [6.45, 7) is 2.17. The van der Waals surface area contributed by atoms with Gasteiger partial charge in [0.1, 0.15) is 0 Å². The van der Waals surface area contributed by atoms with E-state index in [0.29, 0.717) is 6.42 Å². The monoisotopic (exact) mass is 261 g/mol. The molecule has 0 heterocycles. The number of amides is 1. The SMILES string of the molecule is CC1(NC(=O)CCCCBr)CCCC1. The van der Waals surface area contributed by atoms with Gasteiger partial charge in [0.2, 0.25) is 5.91 Å². The minimum Gasteiger partial charge on any atom is -0.351 e. The van der Waals surface area contributed by atoms with E-state index in [9.17, 15) is 4.79 Å². The summed E-state index contributed by atoms with van der Waals surface area (Å²) in [4.78, 5) is 11.6. The lowest BCUT2D eigenvalue weighted by Crippen LogP contribution is -2.43. The highest BCUT2D eigenvalue weighted by Gasteiger charge is 2.29. The van der Waals surface area contributed by atoms with Crippen LogP contribution in [0.25, 0.3) is 0 Å². The Hall–Kier alpha value is -0.0500. The molecule has 1 rings (SSSR count). The fourth-order valence-corrected chi connectivity index (χ4v) is 2.46. The van der Waals surface area contributed by atoms with E-state index in [1.807, 2.05) is 0 Å². The van der Waals surface area contributed by atoms with Crippen LogP contribution in [0.3, 0.4) is 0 Å². The average molecular weight is 262 g/mol. The summed E-state index contributed by atoms with van der Waals surface area (Å²) >= 11 is 3.37. The third-order valence-corrected chi connectivity index (χ3v) is 3.50. The second kappa shape index (κ2) is 5.74. The first-order valence-corrected chi connectivity index (χ1v) is 6.65. The van der Waals surface area contributed by atoms with Crippen molar-refractivity contribution < 1.29 is 4.79 Å². The highest BCUT2D eigenvalue weighted by molar-refractivity contribution is 9.09. The van der Waals surface area contributed by atoms with E-state index in [1.165, 1.54) is 12.8 Å². The molecule has 82 valence electrons. The number of alkyl halides is 1. The Morgan fingerprint density at radius 3 is 2.57 bits per heavy atom. The molecule has 0 radical (unpaired) electrons. The quantitative estimate of drug-likeness (QED) is 0.599. The topological polar surface area (TPSA) is 29.1 Å². The van der Waals surface area contributed by atoms with Gasteiger partial charge in [-0.2, -0.15) is 0 Å². The Balaban J connectivity index is 2.19. The zero-order valence-corrected chi connectivity index (χ0v) is 10.5. The van der Waals surface area contributed by atoms with Crippen LogP contribution < -0.4 is 5.32 Å². The van der Waals surface area contributed by atoms with Gasteiger partial charge in [-0.3, -0.25) is 4.79 Å². The molecule has 1 amide bonds. The molecule has 0 aromatic rings. The second-order valence-electron chi connectivity index (χ2n) is 4.46. The Kier molecular flexibility index (Phi) is 4.93. The molecule has 0 bridgehead atoms. The van der Waals surface area contributed by atoms with Crippen LogP contribution in [0.2, 0.25) is 0 Å². The molecule has 14 heavy (non-hydrogen) atoms. The molecule has 1 aliphatic carbocycles. The van der Waals surface area contributed by atoms with Gasteiger partial charge in [0.25, 0.3) is 0 Å². The molecule has 1 N–H and O–H groups in total. The van der Waals surface area contributed by atoms with Crippen molar-refractivity contribution in [1.82, 2.24) is 5.32 Å². The maximum atomic E-state index is 11.6. The van der Waals surface area contributed by atoms with E-state index < -0.39 is 0 Å². The van der Waals surface area contributed by atoms with Crippen LogP contribution in [0.4, 0.5) is 0 Å². The molecule has 1 fully saturated rings. The van der Waals surface area contributed by atoms with Crippen molar-refractivity contribution in [3.8, 4) is 0 Å². The highest BCUT2D eigenvalue weighted by atomic mass is 79.9. The van der Waals surface area contributed by atoms with Gasteiger partial charge >= 0.3 is 0 Å². The van der Waals surface area contributed by atoms with Crippen molar-refractivity contribution in [2.24, 2.45) is 0 Å². The van der Waals surface area contributed by atoms with Crippen molar-refractivity contribution in [2.45, 2.75) is 57.4 Å². The lowest BCUT2D eigenvalue weighted by molar-refractivity contribution is -0.122. The molecule has 0 saturated heterocycles. The molecule has 1 aliphatic rings. The smallest absolute Gasteiger partial charge is 0.220 e. The Morgan fingerprint density at radius 1 is 1.36 bits per heavy atom. The molecule has 2 nitrogen and oxygen atoms in total. The van der Waals surface area contributed by atoms with Crippen molar-refractivity contribution in [3.05, 3.63) is 0 Å². The first-order valence-electron chi connectivity index (χ1n) is 5.53. The number of rotatable bonds is 5. The van der Waals surface area contributed by atoms with Crippen LogP contribution >= 0.6 is 15.9 Å². The predicted octanol–water partition coefficient (Wildman–Crippen LogP) is 3.00. The highest BCUT2D eigenvalue weighted by Crippen LogP contribution is 2.28. The van der Waals surface area contributed by atoms with Gasteiger partial charge in [-0.25, -0.2) is 0 Å². The van der Waals surface area contributed by atoms with Crippen LogP contribution in [-0.2, 0) is 4.79 Å². The van der Waals surface area contributed by atoms with Gasteiger partial charge in [0.05, 0.1) is 0 Å². The molecule has 0 spiro atoms. The van der Waals surface area contributed by atoms with E-state index >= 15 is 0 Å². The first-order chi connectivity index (χ1) is 6.66. The summed E-state index contributed by atoms with van der Waals surface area (Å²) in [5.41, 5.74) is 0.103. The van der Waals surface area contributed by atoms with E-state index in [1.54, 1.807) is 0 Å². The standard InChI is InChI=1S/C11H20BrNO/c1-11(7-3-4-8-11)13-10(14)6-2-5-9-12/h2-9H2,1H3,(H,13,14). The van der Waals surface area contributed by atoms with Crippen molar-refractivity contribution in [1.29, 1.82) is 0 Å². The van der Waals surface area contributed by atoms with Gasteiger partial charge in [-0.15, -0.1) is 0 Å². The third kappa shape index (κ3) is 3.99. The van der Waals surface area contributed by atoms with E-state index in [0.717, 1.165) is 31.0 Å². The van der Waals surface area contributed by atoms with Crippen molar-refractivity contribution in [3.63, 3.8) is 0 Å². The summed E-state index contributed by atoms with van der Waals surface area (Å²) in [5, 5.41) is 4.16. The van der Waals surface area contributed by atoms with Crippen molar-refractivity contribution in [2.75, 3.05) is 5.33 Å².